The fraction of sp³-hybridized carbons (Fsp3) is 0.500. The number of benzene rings is 2. The van der Waals surface area contributed by atoms with Gasteiger partial charge in [-0.15, -0.1) is 23.2 Å². The molecular weight excluding hydrogens is 451 g/mol. The summed E-state index contributed by atoms with van der Waals surface area (Å²) in [5.74, 6) is 1.67. The highest BCUT2D eigenvalue weighted by molar-refractivity contribution is 6.74. The molecule has 0 heterocycles. The topological polar surface area (TPSA) is 47.9 Å². The Morgan fingerprint density at radius 3 is 1.68 bits per heavy atom. The van der Waals surface area contributed by atoms with E-state index in [0.717, 1.165) is 17.1 Å². The van der Waals surface area contributed by atoms with Crippen LogP contribution in [-0.4, -0.2) is 33.0 Å². The van der Waals surface area contributed by atoms with Crippen LogP contribution in [0, 0.1) is 0 Å². The Kier molecular flexibility index (Phi) is 16.9. The maximum absolute atomic E-state index is 8.70. The van der Waals surface area contributed by atoms with Gasteiger partial charge in [-0.3, -0.25) is 0 Å². The molecule has 2 rings (SSSR count). The lowest BCUT2D eigenvalue weighted by molar-refractivity contribution is 0.275. The highest BCUT2D eigenvalue weighted by Gasteiger charge is 2.36. The molecule has 0 saturated heterocycles. The summed E-state index contributed by atoms with van der Waals surface area (Å²) < 4.78 is 16.3. The van der Waals surface area contributed by atoms with E-state index in [9.17, 15) is 0 Å². The molecule has 1 N–H and O–H groups in total. The molecular formula is C24H40Cl2O4Si. The van der Waals surface area contributed by atoms with E-state index in [1.807, 2.05) is 36.4 Å². The lowest BCUT2D eigenvalue weighted by Gasteiger charge is -2.36. The first-order chi connectivity index (χ1) is 14.0. The highest BCUT2D eigenvalue weighted by atomic mass is 35.5. The van der Waals surface area contributed by atoms with Gasteiger partial charge in [-0.05, 0) is 53.5 Å². The van der Waals surface area contributed by atoms with Gasteiger partial charge in [-0.25, -0.2) is 0 Å². The van der Waals surface area contributed by atoms with Gasteiger partial charge >= 0.3 is 0 Å². The SMILES string of the molecule is C.COc1cccc(CO)c1.COc1cccc(CO[Si](C)(C)C(C)(C)C)c1.ClCCl. The van der Waals surface area contributed by atoms with E-state index in [0.29, 0.717) is 6.61 Å². The smallest absolute Gasteiger partial charge is 0.192 e. The van der Waals surface area contributed by atoms with Gasteiger partial charge in [0, 0.05) is 0 Å². The molecule has 178 valence electrons. The van der Waals surface area contributed by atoms with Gasteiger partial charge in [0.05, 0.1) is 32.8 Å². The van der Waals surface area contributed by atoms with Crippen molar-refractivity contribution in [1.82, 2.24) is 0 Å². The Bertz CT molecular complexity index is 699. The van der Waals surface area contributed by atoms with Crippen molar-refractivity contribution in [3.63, 3.8) is 0 Å². The van der Waals surface area contributed by atoms with Crippen molar-refractivity contribution >= 4 is 31.5 Å². The summed E-state index contributed by atoms with van der Waals surface area (Å²) in [6.45, 7) is 12.0. The predicted molar refractivity (Wildman–Crippen MR) is 137 cm³/mol. The van der Waals surface area contributed by atoms with E-state index in [-0.39, 0.29) is 24.4 Å². The number of aliphatic hydroxyl groups is 1. The monoisotopic (exact) mass is 490 g/mol. The predicted octanol–water partition coefficient (Wildman–Crippen LogP) is 7.46. The summed E-state index contributed by atoms with van der Waals surface area (Å²) >= 11 is 9.53. The average Bonchev–Trinajstić information content (AvgIpc) is 2.72. The first-order valence-corrected chi connectivity index (χ1v) is 13.6. The van der Waals surface area contributed by atoms with Crippen molar-refractivity contribution in [3.05, 3.63) is 59.7 Å². The van der Waals surface area contributed by atoms with E-state index >= 15 is 0 Å². The molecule has 0 unspecified atom stereocenters. The maximum atomic E-state index is 8.70. The molecule has 0 fully saturated rings. The molecule has 4 nitrogen and oxygen atoms in total. The molecule has 2 aromatic carbocycles. The van der Waals surface area contributed by atoms with Gasteiger partial charge in [-0.1, -0.05) is 52.5 Å². The van der Waals surface area contributed by atoms with E-state index in [4.69, 9.17) is 42.2 Å². The molecule has 0 bridgehead atoms. The van der Waals surface area contributed by atoms with E-state index < -0.39 is 8.32 Å². The van der Waals surface area contributed by atoms with Crippen LogP contribution in [0.4, 0.5) is 0 Å². The molecule has 0 aliphatic rings. The van der Waals surface area contributed by atoms with E-state index in [1.165, 1.54) is 5.56 Å². The third-order valence-electron chi connectivity index (χ3n) is 4.86. The molecule has 0 spiro atoms. The summed E-state index contributed by atoms with van der Waals surface area (Å²) in [4.78, 5) is 0. The zero-order valence-electron chi connectivity index (χ0n) is 19.2. The first kappa shape index (κ1) is 31.9. The minimum absolute atomic E-state index is 0. The van der Waals surface area contributed by atoms with Crippen LogP contribution in [0.15, 0.2) is 48.5 Å². The number of alkyl halides is 2. The Morgan fingerprint density at radius 2 is 1.29 bits per heavy atom. The number of hydrogen-bond donors (Lipinski definition) is 1. The van der Waals surface area contributed by atoms with Crippen molar-refractivity contribution in [2.24, 2.45) is 0 Å². The number of hydrogen-bond acceptors (Lipinski definition) is 4. The summed E-state index contributed by atoms with van der Waals surface area (Å²) in [6, 6.07) is 15.4. The second kappa shape index (κ2) is 16.4. The molecule has 0 amide bonds. The number of methoxy groups -OCH3 is 2. The quantitative estimate of drug-likeness (QED) is 0.337. The van der Waals surface area contributed by atoms with Crippen molar-refractivity contribution in [2.45, 2.75) is 59.5 Å². The zero-order valence-corrected chi connectivity index (χ0v) is 21.7. The fourth-order valence-corrected chi connectivity index (χ4v) is 2.97. The van der Waals surface area contributed by atoms with Gasteiger partial charge in [0.15, 0.2) is 8.32 Å². The third kappa shape index (κ3) is 13.0. The van der Waals surface area contributed by atoms with Crippen LogP contribution < -0.4 is 9.47 Å². The Morgan fingerprint density at radius 1 is 0.871 bits per heavy atom. The van der Waals surface area contributed by atoms with Gasteiger partial charge in [0.25, 0.3) is 0 Å². The molecule has 31 heavy (non-hydrogen) atoms. The van der Waals surface area contributed by atoms with Crippen molar-refractivity contribution in [2.75, 3.05) is 19.6 Å². The second-order valence-electron chi connectivity index (χ2n) is 8.01. The Hall–Kier alpha value is -1.24. The maximum Gasteiger partial charge on any atom is 0.192 e. The summed E-state index contributed by atoms with van der Waals surface area (Å²) in [6.07, 6.45) is 0. The largest absolute Gasteiger partial charge is 0.497 e. The zero-order chi connectivity index (χ0) is 23.2. The number of rotatable bonds is 6. The standard InChI is InChI=1S/C14H24O2Si.C8H10O2.CH2Cl2.CH4/c1-14(2,3)17(5,6)16-11-12-8-7-9-13(10-12)15-4;1-10-8-4-2-3-7(5-8)6-9;2-1-3;/h7-10H,11H2,1-6H3;2-5,9H,6H2,1H3;1H2;1H4. The number of ether oxygens (including phenoxy) is 2. The van der Waals surface area contributed by atoms with Crippen LogP contribution in [0.25, 0.3) is 0 Å². The molecule has 0 aromatic heterocycles. The lowest BCUT2D eigenvalue weighted by atomic mass is 10.2. The van der Waals surface area contributed by atoms with Gasteiger partial charge in [0.2, 0.25) is 0 Å². The van der Waals surface area contributed by atoms with Gasteiger partial charge < -0.3 is 19.0 Å². The summed E-state index contributed by atoms with van der Waals surface area (Å²) in [5.41, 5.74) is 2.05. The van der Waals surface area contributed by atoms with Crippen LogP contribution >= 0.6 is 23.2 Å². The molecule has 0 atom stereocenters. The first-order valence-electron chi connectivity index (χ1n) is 9.67. The molecule has 0 aliphatic carbocycles. The Balaban J connectivity index is 0. The van der Waals surface area contributed by atoms with Crippen molar-refractivity contribution in [1.29, 1.82) is 0 Å². The summed E-state index contributed by atoms with van der Waals surface area (Å²) in [5, 5.41) is 9.15. The van der Waals surface area contributed by atoms with Crippen LogP contribution in [0.1, 0.15) is 39.3 Å². The van der Waals surface area contributed by atoms with Crippen LogP contribution in [-0.2, 0) is 17.6 Å². The van der Waals surface area contributed by atoms with Gasteiger partial charge in [0.1, 0.15) is 11.5 Å². The van der Waals surface area contributed by atoms with Gasteiger partial charge in [-0.2, -0.15) is 0 Å². The average molecular weight is 492 g/mol. The Labute approximate surface area is 200 Å². The molecule has 7 heteroatoms. The minimum atomic E-state index is -1.66. The highest BCUT2D eigenvalue weighted by Crippen LogP contribution is 2.37. The van der Waals surface area contributed by atoms with Crippen LogP contribution in [0.5, 0.6) is 11.5 Å². The molecule has 2 aromatic rings. The normalized spacial score (nSPS) is 10.5. The van der Waals surface area contributed by atoms with Crippen LogP contribution in [0.3, 0.4) is 0 Å². The fourth-order valence-electron chi connectivity index (χ4n) is 2.01. The second-order valence-corrected chi connectivity index (χ2v) is 13.6. The van der Waals surface area contributed by atoms with Crippen molar-refractivity contribution < 1.29 is 19.0 Å². The third-order valence-corrected chi connectivity index (χ3v) is 9.34. The minimum Gasteiger partial charge on any atom is -0.497 e. The number of aliphatic hydroxyl groups excluding tert-OH is 1. The van der Waals surface area contributed by atoms with E-state index in [1.54, 1.807) is 20.3 Å². The lowest BCUT2D eigenvalue weighted by Crippen LogP contribution is -2.40. The van der Waals surface area contributed by atoms with Crippen LogP contribution in [0.2, 0.25) is 18.1 Å². The summed E-state index contributed by atoms with van der Waals surface area (Å²) in [7, 11) is 1.64. The van der Waals surface area contributed by atoms with E-state index in [2.05, 4.69) is 39.9 Å². The number of halogens is 2. The molecule has 0 saturated carbocycles. The van der Waals surface area contributed by atoms with Crippen molar-refractivity contribution in [3.8, 4) is 11.5 Å². The molecule has 0 aliphatic heterocycles. The molecule has 0 radical (unpaired) electrons.